The Hall–Kier alpha value is -3.13. The first-order chi connectivity index (χ1) is 12.5. The van der Waals surface area contributed by atoms with Crippen LogP contribution in [0.1, 0.15) is 10.4 Å². The van der Waals surface area contributed by atoms with Crippen molar-refractivity contribution in [1.82, 2.24) is 9.38 Å². The zero-order chi connectivity index (χ0) is 18.3. The quantitative estimate of drug-likeness (QED) is 0.564. The number of hydrogen-bond donors (Lipinski definition) is 1. The highest BCUT2D eigenvalue weighted by molar-refractivity contribution is 7.15. The van der Waals surface area contributed by atoms with Gasteiger partial charge in [-0.1, -0.05) is 0 Å². The molecule has 0 atom stereocenters. The molecule has 130 valence electrons. The van der Waals surface area contributed by atoms with Gasteiger partial charge in [-0.2, -0.15) is 0 Å². The molecule has 0 aliphatic heterocycles. The van der Waals surface area contributed by atoms with Crippen molar-refractivity contribution in [3.63, 3.8) is 0 Å². The van der Waals surface area contributed by atoms with Crippen LogP contribution in [0.5, 0.6) is 0 Å². The van der Waals surface area contributed by atoms with Crippen molar-refractivity contribution in [3.8, 4) is 11.3 Å². The number of carbonyl (C=O) groups is 1. The van der Waals surface area contributed by atoms with Gasteiger partial charge in [-0.25, -0.2) is 18.2 Å². The Morgan fingerprint density at radius 2 is 1.77 bits per heavy atom. The Bertz CT molecular complexity index is 1120. The maximum Gasteiger partial charge on any atom is 0.259 e. The molecular weight excluding hydrogens is 363 g/mol. The van der Waals surface area contributed by atoms with Gasteiger partial charge in [0.15, 0.2) is 4.96 Å². The zero-order valence-electron chi connectivity index (χ0n) is 13.0. The van der Waals surface area contributed by atoms with Crippen LogP contribution in [0, 0.1) is 17.5 Å². The molecule has 0 bridgehead atoms. The third-order valence-corrected chi connectivity index (χ3v) is 4.54. The normalized spacial score (nSPS) is 11.0. The highest BCUT2D eigenvalue weighted by atomic mass is 32.1. The predicted molar refractivity (Wildman–Crippen MR) is 92.8 cm³/mol. The van der Waals surface area contributed by atoms with Gasteiger partial charge in [0, 0.05) is 23.2 Å². The summed E-state index contributed by atoms with van der Waals surface area (Å²) in [6.45, 7) is 0. The van der Waals surface area contributed by atoms with E-state index in [4.69, 9.17) is 0 Å². The molecule has 0 unspecified atom stereocenters. The molecule has 0 aliphatic rings. The topological polar surface area (TPSA) is 46.4 Å². The van der Waals surface area contributed by atoms with Gasteiger partial charge in [-0.3, -0.25) is 9.20 Å². The summed E-state index contributed by atoms with van der Waals surface area (Å²) in [6.07, 6.45) is 1.71. The van der Waals surface area contributed by atoms with Crippen LogP contribution in [0.25, 0.3) is 16.2 Å². The lowest BCUT2D eigenvalue weighted by molar-refractivity contribution is 0.102. The van der Waals surface area contributed by atoms with Crippen molar-refractivity contribution in [2.75, 3.05) is 5.32 Å². The van der Waals surface area contributed by atoms with E-state index in [1.165, 1.54) is 35.6 Å². The zero-order valence-corrected chi connectivity index (χ0v) is 13.9. The number of carbonyl (C=O) groups excluding carboxylic acids is 1. The molecule has 4 rings (SSSR count). The highest BCUT2D eigenvalue weighted by Gasteiger charge is 2.20. The number of amides is 1. The number of rotatable bonds is 3. The van der Waals surface area contributed by atoms with E-state index >= 15 is 0 Å². The Morgan fingerprint density at radius 1 is 1.04 bits per heavy atom. The number of thiazole rings is 1. The molecule has 1 N–H and O–H groups in total. The molecular formula is C18H10F3N3OS. The standard InChI is InChI=1S/C18H10F3N3OS/c19-11-3-1-10(2-4-11)15-16(24-7-8-26-18(24)22-15)23-17(25)13-6-5-12(20)9-14(13)21/h1-9H,(H,23,25). The van der Waals surface area contributed by atoms with Crippen LogP contribution in [0.2, 0.25) is 0 Å². The molecule has 4 aromatic rings. The first kappa shape index (κ1) is 16.3. The van der Waals surface area contributed by atoms with Crippen LogP contribution >= 0.6 is 11.3 Å². The number of nitrogens with one attached hydrogen (secondary N) is 1. The minimum absolute atomic E-state index is 0.290. The summed E-state index contributed by atoms with van der Waals surface area (Å²) in [5.41, 5.74) is 0.728. The molecule has 0 aliphatic carbocycles. The van der Waals surface area contributed by atoms with Crippen molar-refractivity contribution in [3.05, 3.63) is 77.1 Å². The van der Waals surface area contributed by atoms with E-state index in [1.807, 2.05) is 0 Å². The van der Waals surface area contributed by atoms with Crippen LogP contribution in [0.4, 0.5) is 19.0 Å². The molecule has 4 nitrogen and oxygen atoms in total. The largest absolute Gasteiger partial charge is 0.306 e. The van der Waals surface area contributed by atoms with Gasteiger partial charge in [-0.15, -0.1) is 11.3 Å². The fourth-order valence-corrected chi connectivity index (χ4v) is 3.28. The fraction of sp³-hybridized carbons (Fsp3) is 0. The van der Waals surface area contributed by atoms with Gasteiger partial charge in [-0.05, 0) is 36.4 Å². The molecule has 1 amide bonds. The van der Waals surface area contributed by atoms with E-state index in [2.05, 4.69) is 10.3 Å². The third kappa shape index (κ3) is 2.84. The van der Waals surface area contributed by atoms with Gasteiger partial charge >= 0.3 is 0 Å². The monoisotopic (exact) mass is 373 g/mol. The van der Waals surface area contributed by atoms with Gasteiger partial charge in [0.2, 0.25) is 0 Å². The molecule has 26 heavy (non-hydrogen) atoms. The molecule has 0 saturated heterocycles. The summed E-state index contributed by atoms with van der Waals surface area (Å²) in [5, 5.41) is 4.40. The lowest BCUT2D eigenvalue weighted by Gasteiger charge is -2.08. The number of aromatic nitrogens is 2. The first-order valence-corrected chi connectivity index (χ1v) is 8.39. The van der Waals surface area contributed by atoms with Crippen LogP contribution < -0.4 is 5.32 Å². The van der Waals surface area contributed by atoms with Crippen LogP contribution in [0.3, 0.4) is 0 Å². The number of nitrogens with zero attached hydrogens (tertiary/aromatic N) is 2. The SMILES string of the molecule is O=C(Nc1c(-c2ccc(F)cc2)nc2sccn12)c1ccc(F)cc1F. The summed E-state index contributed by atoms with van der Waals surface area (Å²) in [7, 11) is 0. The van der Waals surface area contributed by atoms with Crippen molar-refractivity contribution < 1.29 is 18.0 Å². The van der Waals surface area contributed by atoms with Crippen LogP contribution in [-0.4, -0.2) is 15.3 Å². The van der Waals surface area contributed by atoms with Crippen molar-refractivity contribution >= 4 is 28.0 Å². The summed E-state index contributed by atoms with van der Waals surface area (Å²) >= 11 is 1.35. The van der Waals surface area contributed by atoms with Gasteiger partial charge in [0.1, 0.15) is 29.0 Å². The molecule has 2 heterocycles. The minimum atomic E-state index is -0.961. The average Bonchev–Trinajstić information content (AvgIpc) is 3.18. The van der Waals surface area contributed by atoms with E-state index in [1.54, 1.807) is 16.0 Å². The number of fused-ring (bicyclic) bond motifs is 1. The second kappa shape index (κ2) is 6.30. The Kier molecular flexibility index (Phi) is 3.96. The van der Waals surface area contributed by atoms with E-state index < -0.39 is 23.4 Å². The molecule has 8 heteroatoms. The molecule has 2 aromatic heterocycles. The Morgan fingerprint density at radius 3 is 2.50 bits per heavy atom. The van der Waals surface area contributed by atoms with E-state index in [-0.39, 0.29) is 5.56 Å². The molecule has 0 saturated carbocycles. The fourth-order valence-electron chi connectivity index (χ4n) is 2.56. The molecule has 0 radical (unpaired) electrons. The molecule has 2 aromatic carbocycles. The smallest absolute Gasteiger partial charge is 0.259 e. The van der Waals surface area contributed by atoms with Gasteiger partial charge in [0.05, 0.1) is 5.56 Å². The maximum atomic E-state index is 13.9. The second-order valence-electron chi connectivity index (χ2n) is 5.45. The summed E-state index contributed by atoms with van der Waals surface area (Å²) in [4.78, 5) is 17.5. The summed E-state index contributed by atoms with van der Waals surface area (Å²) in [5.74, 6) is -2.54. The van der Waals surface area contributed by atoms with E-state index in [0.29, 0.717) is 28.1 Å². The Labute approximate surface area is 149 Å². The molecule has 0 fully saturated rings. The van der Waals surface area contributed by atoms with Crippen molar-refractivity contribution in [2.45, 2.75) is 0 Å². The van der Waals surface area contributed by atoms with Crippen molar-refractivity contribution in [2.24, 2.45) is 0 Å². The number of benzene rings is 2. The highest BCUT2D eigenvalue weighted by Crippen LogP contribution is 2.31. The minimum Gasteiger partial charge on any atom is -0.306 e. The van der Waals surface area contributed by atoms with Crippen LogP contribution in [-0.2, 0) is 0 Å². The first-order valence-electron chi connectivity index (χ1n) is 7.51. The number of imidazole rings is 1. The number of halogens is 3. The lowest BCUT2D eigenvalue weighted by atomic mass is 10.1. The second-order valence-corrected chi connectivity index (χ2v) is 6.32. The Balaban J connectivity index is 1.77. The van der Waals surface area contributed by atoms with Gasteiger partial charge in [0.25, 0.3) is 5.91 Å². The predicted octanol–water partition coefficient (Wildman–Crippen LogP) is 4.73. The van der Waals surface area contributed by atoms with Gasteiger partial charge < -0.3 is 5.32 Å². The van der Waals surface area contributed by atoms with Crippen molar-refractivity contribution in [1.29, 1.82) is 0 Å². The number of hydrogen-bond acceptors (Lipinski definition) is 3. The van der Waals surface area contributed by atoms with Crippen LogP contribution in [0.15, 0.2) is 54.0 Å². The molecule has 0 spiro atoms. The van der Waals surface area contributed by atoms with E-state index in [9.17, 15) is 18.0 Å². The lowest BCUT2D eigenvalue weighted by Crippen LogP contribution is -2.15. The third-order valence-electron chi connectivity index (χ3n) is 3.79. The maximum absolute atomic E-state index is 13.9. The summed E-state index contributed by atoms with van der Waals surface area (Å²) in [6, 6.07) is 8.37. The number of anilines is 1. The summed E-state index contributed by atoms with van der Waals surface area (Å²) < 4.78 is 41.8. The van der Waals surface area contributed by atoms with E-state index in [0.717, 1.165) is 12.1 Å². The average molecular weight is 373 g/mol.